The van der Waals surface area contributed by atoms with Gasteiger partial charge in [-0.05, 0) is 68.2 Å². The van der Waals surface area contributed by atoms with E-state index >= 15 is 0 Å². The van der Waals surface area contributed by atoms with E-state index in [2.05, 4.69) is 21.9 Å². The number of Topliss-reactive ketones (excluding diaryl/α,β-unsaturated/α-hetero) is 1. The zero-order chi connectivity index (χ0) is 24.6. The minimum atomic E-state index is -1.48. The molecule has 5 unspecified atom stereocenters. The summed E-state index contributed by atoms with van der Waals surface area (Å²) in [4.78, 5) is 37.4. The number of aliphatic hydroxyl groups excluding tert-OH is 1. The number of carbonyl (C=O) groups excluding carboxylic acids is 2. The second kappa shape index (κ2) is 7.85. The predicted octanol–water partition coefficient (Wildman–Crippen LogP) is 3.63. The van der Waals surface area contributed by atoms with Crippen molar-refractivity contribution in [2.45, 2.75) is 62.8 Å². The molecule has 2 aromatic heterocycles. The van der Waals surface area contributed by atoms with Gasteiger partial charge in [0.25, 0.3) is 0 Å². The van der Waals surface area contributed by atoms with Crippen LogP contribution >= 0.6 is 11.8 Å². The summed E-state index contributed by atoms with van der Waals surface area (Å²) in [7, 11) is 0. The number of aromatic amines is 1. The molecule has 0 aliphatic heterocycles. The molecule has 2 aromatic rings. The van der Waals surface area contributed by atoms with Crippen LogP contribution in [0.1, 0.15) is 46.0 Å². The number of nitrogens with one attached hydrogen (secondary N) is 1. The molecule has 4 aliphatic rings. The summed E-state index contributed by atoms with van der Waals surface area (Å²) in [6.45, 7) is 4.14. The number of aromatic nitrogens is 3. The quantitative estimate of drug-likeness (QED) is 0.557. The molecule has 0 bridgehead atoms. The van der Waals surface area contributed by atoms with Gasteiger partial charge >= 0.3 is 0 Å². The Morgan fingerprint density at radius 1 is 1.31 bits per heavy atom. The monoisotopic (exact) mass is 493 g/mol. The molecule has 0 aromatic carbocycles. The summed E-state index contributed by atoms with van der Waals surface area (Å²) in [5, 5.41) is 24.0. The number of rotatable bonds is 4. The lowest BCUT2D eigenvalue weighted by Gasteiger charge is -2.59. The number of aliphatic hydroxyl groups is 2. The summed E-state index contributed by atoms with van der Waals surface area (Å²) in [5.74, 6) is 0.259. The summed E-state index contributed by atoms with van der Waals surface area (Å²) < 4.78 is 0. The Bertz CT molecular complexity index is 1250. The number of thioether (sulfide) groups is 1. The molecule has 4 aliphatic carbocycles. The molecule has 0 spiro atoms. The van der Waals surface area contributed by atoms with Crippen molar-refractivity contribution in [3.63, 3.8) is 0 Å². The first-order valence-corrected chi connectivity index (χ1v) is 13.5. The molecule has 7 atom stereocenters. The van der Waals surface area contributed by atoms with Crippen molar-refractivity contribution < 1.29 is 19.8 Å². The van der Waals surface area contributed by atoms with Gasteiger partial charge in [0.15, 0.2) is 22.4 Å². The van der Waals surface area contributed by atoms with E-state index in [0.717, 1.165) is 30.4 Å². The maximum absolute atomic E-state index is 13.5. The average molecular weight is 494 g/mol. The fourth-order valence-corrected chi connectivity index (χ4v) is 8.77. The number of ketones is 2. The Kier molecular flexibility index (Phi) is 5.19. The fraction of sp³-hybridized carbons (Fsp3) is 0.556. The Labute approximate surface area is 208 Å². The second-order valence-electron chi connectivity index (χ2n) is 11.2. The smallest absolute Gasteiger partial charge is 0.178 e. The van der Waals surface area contributed by atoms with Crippen molar-refractivity contribution in [2.24, 2.45) is 28.6 Å². The van der Waals surface area contributed by atoms with Crippen LogP contribution in [0, 0.1) is 28.6 Å². The van der Waals surface area contributed by atoms with Crippen LogP contribution in [0.4, 0.5) is 0 Å². The molecule has 2 heterocycles. The Morgan fingerprint density at radius 2 is 2.14 bits per heavy atom. The van der Waals surface area contributed by atoms with Crippen LogP contribution in [0.2, 0.25) is 0 Å². The molecule has 7 nitrogen and oxygen atoms in total. The third-order valence-electron chi connectivity index (χ3n) is 9.68. The average Bonchev–Trinajstić information content (AvgIpc) is 3.36. The number of fused-ring (bicyclic) bond motifs is 6. The van der Waals surface area contributed by atoms with Crippen molar-refractivity contribution in [2.75, 3.05) is 5.75 Å². The van der Waals surface area contributed by atoms with Crippen molar-refractivity contribution in [3.8, 4) is 0 Å². The van der Waals surface area contributed by atoms with Crippen LogP contribution in [-0.2, 0) is 9.59 Å². The number of nitrogens with zero attached hydrogens (tertiary/aromatic N) is 2. The summed E-state index contributed by atoms with van der Waals surface area (Å²) in [5.41, 5.74) is 0.00668. The molecular weight excluding hydrogens is 462 g/mol. The minimum Gasteiger partial charge on any atom is -0.393 e. The van der Waals surface area contributed by atoms with E-state index in [1.807, 2.05) is 25.1 Å². The van der Waals surface area contributed by atoms with E-state index in [-0.39, 0.29) is 40.5 Å². The molecule has 0 saturated heterocycles. The first-order valence-electron chi connectivity index (χ1n) is 12.5. The van der Waals surface area contributed by atoms with Gasteiger partial charge in [0.05, 0.1) is 11.9 Å². The highest BCUT2D eigenvalue weighted by Gasteiger charge is 2.67. The molecule has 3 saturated carbocycles. The first-order chi connectivity index (χ1) is 16.7. The summed E-state index contributed by atoms with van der Waals surface area (Å²) in [6.07, 6.45) is 9.65. The third-order valence-corrected chi connectivity index (χ3v) is 10.6. The van der Waals surface area contributed by atoms with Crippen LogP contribution in [0.15, 0.2) is 47.3 Å². The molecule has 3 fully saturated rings. The van der Waals surface area contributed by atoms with E-state index in [4.69, 9.17) is 0 Å². The first kappa shape index (κ1) is 23.1. The number of pyridine rings is 1. The summed E-state index contributed by atoms with van der Waals surface area (Å²) in [6, 6.07) is 3.68. The SMILES string of the molecule is CC12C=CC(=O)C=C1CCC1C2[C@@H](O)CC2(C)C1CC[C@]2(O)C(=O)CSc1nc2cccnc2[nH]1. The van der Waals surface area contributed by atoms with Crippen molar-refractivity contribution in [1.29, 1.82) is 0 Å². The number of hydrogen-bond acceptors (Lipinski definition) is 7. The van der Waals surface area contributed by atoms with Gasteiger partial charge in [-0.15, -0.1) is 0 Å². The minimum absolute atomic E-state index is 0.0141. The van der Waals surface area contributed by atoms with E-state index in [1.165, 1.54) is 11.8 Å². The molecule has 0 amide bonds. The van der Waals surface area contributed by atoms with Crippen molar-refractivity contribution in [3.05, 3.63) is 42.1 Å². The van der Waals surface area contributed by atoms with Gasteiger partial charge in [-0.25, -0.2) is 9.97 Å². The lowest BCUT2D eigenvalue weighted by atomic mass is 9.46. The summed E-state index contributed by atoms with van der Waals surface area (Å²) >= 11 is 1.29. The second-order valence-corrected chi connectivity index (χ2v) is 12.2. The molecule has 35 heavy (non-hydrogen) atoms. The zero-order valence-electron chi connectivity index (χ0n) is 20.0. The van der Waals surface area contributed by atoms with Crippen LogP contribution in [-0.4, -0.2) is 54.2 Å². The van der Waals surface area contributed by atoms with E-state index in [9.17, 15) is 19.8 Å². The lowest BCUT2D eigenvalue weighted by molar-refractivity contribution is -0.174. The molecule has 8 heteroatoms. The molecular formula is C27H31N3O4S. The van der Waals surface area contributed by atoms with Gasteiger partial charge in [-0.2, -0.15) is 0 Å². The number of allylic oxidation sites excluding steroid dienone is 4. The highest BCUT2D eigenvalue weighted by molar-refractivity contribution is 7.99. The van der Waals surface area contributed by atoms with Crippen LogP contribution in [0.5, 0.6) is 0 Å². The van der Waals surface area contributed by atoms with Gasteiger partial charge < -0.3 is 15.2 Å². The number of carbonyl (C=O) groups is 2. The maximum Gasteiger partial charge on any atom is 0.178 e. The number of hydrogen-bond donors (Lipinski definition) is 3. The van der Waals surface area contributed by atoms with Crippen LogP contribution in [0.25, 0.3) is 11.2 Å². The van der Waals surface area contributed by atoms with Crippen molar-refractivity contribution in [1.82, 2.24) is 15.0 Å². The number of imidazole rings is 1. The van der Waals surface area contributed by atoms with Gasteiger partial charge in [-0.3, -0.25) is 9.59 Å². The maximum atomic E-state index is 13.5. The molecule has 6 rings (SSSR count). The van der Waals surface area contributed by atoms with E-state index in [0.29, 0.717) is 23.6 Å². The topological polar surface area (TPSA) is 116 Å². The van der Waals surface area contributed by atoms with Gasteiger partial charge in [0.1, 0.15) is 11.1 Å². The fourth-order valence-electron chi connectivity index (χ4n) is 7.93. The highest BCUT2D eigenvalue weighted by atomic mass is 32.2. The zero-order valence-corrected chi connectivity index (χ0v) is 20.8. The number of H-pyrrole nitrogens is 1. The van der Waals surface area contributed by atoms with E-state index in [1.54, 1.807) is 18.3 Å². The van der Waals surface area contributed by atoms with Crippen molar-refractivity contribution >= 4 is 34.5 Å². The molecule has 3 N–H and O–H groups in total. The molecule has 0 radical (unpaired) electrons. The largest absolute Gasteiger partial charge is 0.393 e. The van der Waals surface area contributed by atoms with Crippen LogP contribution in [0.3, 0.4) is 0 Å². The van der Waals surface area contributed by atoms with E-state index < -0.39 is 17.1 Å². The lowest BCUT2D eigenvalue weighted by Crippen LogP contribution is -2.61. The Hall–Kier alpha value is -2.29. The normalized spacial score (nSPS) is 40.2. The third kappa shape index (κ3) is 3.26. The standard InChI is InChI=1S/C27H31N3O4S/c1-25-9-7-16(31)12-15(25)5-6-17-18-8-10-27(34,26(18,2)13-20(32)22(17)25)21(33)14-35-24-29-19-4-3-11-28-23(19)30-24/h3-4,7,9,11-12,17-18,20,22,32,34H,5-6,8,10,13-14H2,1-2H3,(H,28,29,30)/t17?,18?,20-,22?,25?,26?,27-/m0/s1. The predicted molar refractivity (Wildman–Crippen MR) is 133 cm³/mol. The highest BCUT2D eigenvalue weighted by Crippen LogP contribution is 2.67. The van der Waals surface area contributed by atoms with Gasteiger partial charge in [-0.1, -0.05) is 37.3 Å². The van der Waals surface area contributed by atoms with Gasteiger partial charge in [0, 0.05) is 22.9 Å². The Balaban J connectivity index is 1.25. The molecule has 184 valence electrons. The van der Waals surface area contributed by atoms with Gasteiger partial charge in [0.2, 0.25) is 0 Å². The Morgan fingerprint density at radius 3 is 2.94 bits per heavy atom. The van der Waals surface area contributed by atoms with Crippen LogP contribution < -0.4 is 0 Å².